The molecular weight excluding hydrogens is 1260 g/mol. The Hall–Kier alpha value is -2.98. The van der Waals surface area contributed by atoms with Crippen LogP contribution in [0.4, 0.5) is 0 Å². The summed E-state index contributed by atoms with van der Waals surface area (Å²) < 4.78 is 68.5. The molecule has 0 aliphatic carbocycles. The summed E-state index contributed by atoms with van der Waals surface area (Å²) in [6.45, 7) is 9.45. The summed E-state index contributed by atoms with van der Waals surface area (Å²) in [5.74, 6) is -0.671. The topological polar surface area (TPSA) is 237 Å². The number of hydrogen-bond acceptors (Lipinski definition) is 15. The molecule has 562 valence electrons. The van der Waals surface area contributed by atoms with Crippen molar-refractivity contribution in [3.05, 3.63) is 48.6 Å². The van der Waals surface area contributed by atoms with Crippen LogP contribution >= 0.6 is 15.6 Å². The summed E-state index contributed by atoms with van der Waals surface area (Å²) in [4.78, 5) is 72.8. The zero-order valence-electron chi connectivity index (χ0n) is 61.6. The van der Waals surface area contributed by atoms with Crippen molar-refractivity contribution >= 4 is 39.5 Å². The number of rotatable bonds is 72. The van der Waals surface area contributed by atoms with Gasteiger partial charge in [-0.1, -0.05) is 296 Å². The third kappa shape index (κ3) is 69.5. The lowest BCUT2D eigenvalue weighted by atomic mass is 10.0. The van der Waals surface area contributed by atoms with Gasteiger partial charge in [-0.2, -0.15) is 0 Å². The first-order valence-corrected chi connectivity index (χ1v) is 41.6. The van der Waals surface area contributed by atoms with E-state index in [2.05, 4.69) is 90.2 Å². The minimum atomic E-state index is -4.97. The van der Waals surface area contributed by atoms with Crippen LogP contribution in [0.2, 0.25) is 0 Å². The maximum Gasteiger partial charge on any atom is 0.472 e. The maximum absolute atomic E-state index is 13.1. The molecule has 3 N–H and O–H groups in total. The zero-order chi connectivity index (χ0) is 70.7. The molecule has 0 rings (SSSR count). The largest absolute Gasteiger partial charge is 0.472 e. The first-order valence-electron chi connectivity index (χ1n) is 38.6. The minimum Gasteiger partial charge on any atom is -0.462 e. The van der Waals surface area contributed by atoms with Gasteiger partial charge >= 0.3 is 39.5 Å². The highest BCUT2D eigenvalue weighted by Gasteiger charge is 2.30. The molecule has 17 nitrogen and oxygen atoms in total. The van der Waals surface area contributed by atoms with Gasteiger partial charge in [-0.25, -0.2) is 9.13 Å². The number of aliphatic hydroxyl groups is 1. The first kappa shape index (κ1) is 93.0. The van der Waals surface area contributed by atoms with Crippen molar-refractivity contribution in [1.29, 1.82) is 0 Å². The average molecular weight is 1400 g/mol. The number of hydrogen-bond donors (Lipinski definition) is 3. The monoisotopic (exact) mass is 1400 g/mol. The van der Waals surface area contributed by atoms with Gasteiger partial charge in [-0.15, -0.1) is 0 Å². The quantitative estimate of drug-likeness (QED) is 0.0169. The number of carbonyl (C=O) groups is 4. The lowest BCUT2D eigenvalue weighted by molar-refractivity contribution is -0.161. The van der Waals surface area contributed by atoms with Crippen molar-refractivity contribution < 1.29 is 80.2 Å². The molecule has 0 aromatic carbocycles. The molecule has 0 spiro atoms. The zero-order valence-corrected chi connectivity index (χ0v) is 63.4. The van der Waals surface area contributed by atoms with E-state index >= 15 is 0 Å². The Morgan fingerprint density at radius 1 is 0.323 bits per heavy atom. The SMILES string of the molecule is CCCCCC/C=C\C=C/CCCCCCCC(=O)OC[C@H](COP(=O)(O)OC[C@@H](O)COP(=O)(O)OC[C@@H](COC(=O)CCCCCCCCCCCCC(C)C)OC(=O)CCCCCCCCCCCCC(C)C)OC(=O)CCCCCCC/C=C\C=C/CCCCCC. The number of ether oxygens (including phenoxy) is 4. The van der Waals surface area contributed by atoms with Crippen LogP contribution in [0.25, 0.3) is 0 Å². The average Bonchev–Trinajstić information content (AvgIpc) is 2.69. The molecule has 5 atom stereocenters. The van der Waals surface area contributed by atoms with E-state index in [1.54, 1.807) is 0 Å². The van der Waals surface area contributed by atoms with Crippen molar-refractivity contribution in [2.75, 3.05) is 39.6 Å². The van der Waals surface area contributed by atoms with Crippen LogP contribution < -0.4 is 0 Å². The van der Waals surface area contributed by atoms with E-state index in [-0.39, 0.29) is 25.7 Å². The van der Waals surface area contributed by atoms with Gasteiger partial charge in [0.1, 0.15) is 19.3 Å². The van der Waals surface area contributed by atoms with Crippen molar-refractivity contribution in [3.63, 3.8) is 0 Å². The van der Waals surface area contributed by atoms with Crippen LogP contribution in [0.5, 0.6) is 0 Å². The van der Waals surface area contributed by atoms with E-state index in [4.69, 9.17) is 37.0 Å². The number of esters is 4. The molecule has 0 saturated heterocycles. The Kier molecular flexibility index (Phi) is 65.7. The highest BCUT2D eigenvalue weighted by molar-refractivity contribution is 7.47. The van der Waals surface area contributed by atoms with Crippen molar-refractivity contribution in [2.45, 2.75) is 368 Å². The van der Waals surface area contributed by atoms with Gasteiger partial charge in [0.05, 0.1) is 26.4 Å². The van der Waals surface area contributed by atoms with Crippen LogP contribution in [-0.2, 0) is 65.4 Å². The molecule has 0 saturated carbocycles. The van der Waals surface area contributed by atoms with Gasteiger partial charge in [0.25, 0.3) is 0 Å². The standard InChI is InChI=1S/C77H142O17P2/c1-7-9-11-13-15-17-19-21-23-25-27-35-41-47-53-59-74(79)87-65-72(93-76(81)61-55-49-43-37-28-26-24-22-20-18-16-14-12-10-8-2)67-91-95(83,84)89-63-71(78)64-90-96(85,86)92-68-73(94-77(82)62-56-50-44-38-32-30-34-40-46-52-58-70(5)6)66-88-75(80)60-54-48-42-36-31-29-33-39-45-51-57-69(3)4/h17-24,69-73,78H,7-16,25-68H2,1-6H3,(H,83,84)(H,85,86)/b19-17-,20-18-,23-21-,24-22-/t71-,72-,73-/m1/s1. The molecule has 96 heavy (non-hydrogen) atoms. The summed E-state index contributed by atoms with van der Waals surface area (Å²) in [6, 6.07) is 0. The maximum atomic E-state index is 13.1. The third-order valence-corrected chi connectivity index (χ3v) is 18.6. The van der Waals surface area contributed by atoms with Crippen LogP contribution in [-0.4, -0.2) is 96.7 Å². The van der Waals surface area contributed by atoms with Gasteiger partial charge in [0.15, 0.2) is 12.2 Å². The Bertz CT molecular complexity index is 2040. The highest BCUT2D eigenvalue weighted by atomic mass is 31.2. The second kappa shape index (κ2) is 67.8. The Morgan fingerprint density at radius 3 is 0.844 bits per heavy atom. The van der Waals surface area contributed by atoms with E-state index in [1.165, 1.54) is 135 Å². The highest BCUT2D eigenvalue weighted by Crippen LogP contribution is 2.45. The predicted molar refractivity (Wildman–Crippen MR) is 390 cm³/mol. The predicted octanol–water partition coefficient (Wildman–Crippen LogP) is 21.8. The molecule has 0 radical (unpaired) electrons. The van der Waals surface area contributed by atoms with Gasteiger partial charge in [0, 0.05) is 25.7 Å². The number of carbonyl (C=O) groups excluding carboxylic acids is 4. The van der Waals surface area contributed by atoms with Gasteiger partial charge in [-0.3, -0.25) is 37.3 Å². The fourth-order valence-corrected chi connectivity index (χ4v) is 12.3. The Balaban J connectivity index is 5.34. The number of aliphatic hydroxyl groups excluding tert-OH is 1. The van der Waals surface area contributed by atoms with Gasteiger partial charge < -0.3 is 33.8 Å². The second-order valence-electron chi connectivity index (χ2n) is 27.3. The van der Waals surface area contributed by atoms with Gasteiger partial charge in [0.2, 0.25) is 0 Å². The fraction of sp³-hybridized carbons (Fsp3) is 0.844. The number of unbranched alkanes of at least 4 members (excludes halogenated alkanes) is 36. The molecule has 0 heterocycles. The van der Waals surface area contributed by atoms with Crippen LogP contribution in [0, 0.1) is 11.8 Å². The van der Waals surface area contributed by atoms with Gasteiger partial charge in [-0.05, 0) is 88.9 Å². The van der Waals surface area contributed by atoms with Crippen molar-refractivity contribution in [3.8, 4) is 0 Å². The molecule has 0 aliphatic rings. The first-order chi connectivity index (χ1) is 46.4. The molecule has 2 unspecified atom stereocenters. The summed E-state index contributed by atoms with van der Waals surface area (Å²) >= 11 is 0. The third-order valence-electron chi connectivity index (χ3n) is 16.7. The molecule has 0 aliphatic heterocycles. The van der Waals surface area contributed by atoms with E-state index in [0.29, 0.717) is 25.7 Å². The summed E-state index contributed by atoms with van der Waals surface area (Å²) in [7, 11) is -9.94. The minimum absolute atomic E-state index is 0.0780. The summed E-state index contributed by atoms with van der Waals surface area (Å²) in [5.41, 5.74) is 0. The van der Waals surface area contributed by atoms with E-state index < -0.39 is 97.5 Å². The van der Waals surface area contributed by atoms with E-state index in [1.807, 2.05) is 0 Å². The molecule has 0 aromatic rings. The van der Waals surface area contributed by atoms with Crippen molar-refractivity contribution in [1.82, 2.24) is 0 Å². The van der Waals surface area contributed by atoms with Crippen LogP contribution in [0.1, 0.15) is 350 Å². The Labute approximate surface area is 585 Å². The normalized spacial score (nSPS) is 14.3. The molecule has 0 fully saturated rings. The number of allylic oxidation sites excluding steroid dienone is 8. The lowest BCUT2D eigenvalue weighted by Crippen LogP contribution is -2.30. The molecule has 0 bridgehead atoms. The fourth-order valence-electron chi connectivity index (χ4n) is 10.7. The molecule has 19 heteroatoms. The summed E-state index contributed by atoms with van der Waals surface area (Å²) in [6.07, 6.45) is 61.2. The smallest absolute Gasteiger partial charge is 0.462 e. The molecular formula is C77H142O17P2. The van der Waals surface area contributed by atoms with E-state index in [0.717, 1.165) is 134 Å². The molecule has 0 amide bonds. The summed E-state index contributed by atoms with van der Waals surface area (Å²) in [5, 5.41) is 10.6. The van der Waals surface area contributed by atoms with Crippen LogP contribution in [0.3, 0.4) is 0 Å². The van der Waals surface area contributed by atoms with E-state index in [9.17, 15) is 43.2 Å². The lowest BCUT2D eigenvalue weighted by Gasteiger charge is -2.21. The Morgan fingerprint density at radius 2 is 0.562 bits per heavy atom. The van der Waals surface area contributed by atoms with Crippen molar-refractivity contribution in [2.24, 2.45) is 11.8 Å². The van der Waals surface area contributed by atoms with Crippen LogP contribution in [0.15, 0.2) is 48.6 Å². The number of phosphoric ester groups is 2. The second-order valence-corrected chi connectivity index (χ2v) is 30.2. The molecule has 0 aromatic heterocycles. The number of phosphoric acid groups is 2.